The molecule has 0 aliphatic carbocycles. The number of carbonyl (C=O) groups is 2. The quantitative estimate of drug-likeness (QED) is 0.928. The maximum Gasteiger partial charge on any atom is 0.323 e. The predicted molar refractivity (Wildman–Crippen MR) is 82.1 cm³/mol. The molecule has 0 bridgehead atoms. The third-order valence-corrected chi connectivity index (χ3v) is 3.20. The van der Waals surface area contributed by atoms with Gasteiger partial charge in [0, 0.05) is 19.1 Å². The van der Waals surface area contributed by atoms with Crippen molar-refractivity contribution in [1.29, 1.82) is 0 Å². The molecule has 1 aromatic carbocycles. The van der Waals surface area contributed by atoms with Gasteiger partial charge in [-0.1, -0.05) is 29.8 Å². The largest absolute Gasteiger partial charge is 0.480 e. The summed E-state index contributed by atoms with van der Waals surface area (Å²) < 4.78 is 0. The summed E-state index contributed by atoms with van der Waals surface area (Å²) in [4.78, 5) is 26.4. The minimum atomic E-state index is -1.01. The summed E-state index contributed by atoms with van der Waals surface area (Å²) in [6, 6.07) is 7.64. The van der Waals surface area contributed by atoms with E-state index in [1.54, 1.807) is 11.9 Å². The molecule has 0 heterocycles. The fourth-order valence-corrected chi connectivity index (χ4v) is 1.97. The van der Waals surface area contributed by atoms with Crippen LogP contribution in [0.15, 0.2) is 24.3 Å². The first kappa shape index (κ1) is 17.0. The van der Waals surface area contributed by atoms with Crippen molar-refractivity contribution in [2.24, 2.45) is 0 Å². The molecule has 5 nitrogen and oxygen atoms in total. The molecule has 0 aromatic heterocycles. The molecule has 2 amide bonds. The lowest BCUT2D eigenvalue weighted by molar-refractivity contribution is -0.138. The first-order valence-electron chi connectivity index (χ1n) is 6.91. The Morgan fingerprint density at radius 1 is 1.14 bits per heavy atom. The molecule has 1 N–H and O–H groups in total. The maximum absolute atomic E-state index is 12.5. The van der Waals surface area contributed by atoms with Crippen LogP contribution in [0.1, 0.15) is 31.9 Å². The Hall–Kier alpha value is -2.04. The molecule has 0 spiro atoms. The average Bonchev–Trinajstić information content (AvgIpc) is 2.36. The van der Waals surface area contributed by atoms with E-state index in [4.69, 9.17) is 5.11 Å². The van der Waals surface area contributed by atoms with Gasteiger partial charge in [-0.25, -0.2) is 4.79 Å². The highest BCUT2D eigenvalue weighted by Crippen LogP contribution is 2.16. The summed E-state index contributed by atoms with van der Waals surface area (Å²) in [5.41, 5.74) is 1.63. The topological polar surface area (TPSA) is 60.9 Å². The zero-order valence-corrected chi connectivity index (χ0v) is 13.4. The zero-order chi connectivity index (χ0) is 16.2. The van der Waals surface area contributed by atoms with Crippen LogP contribution in [0.5, 0.6) is 0 Å². The molecule has 0 saturated heterocycles. The molecule has 5 heteroatoms. The van der Waals surface area contributed by atoms with Gasteiger partial charge in [-0.15, -0.1) is 0 Å². The van der Waals surface area contributed by atoms with Crippen LogP contribution < -0.4 is 0 Å². The fraction of sp³-hybridized carbons (Fsp3) is 0.500. The standard InChI is InChI=1S/C16H24N2O3/c1-12-6-8-13(9-7-12)10-17(5)15(21)18(11-14(19)20)16(2,3)4/h6-9H,10-11H2,1-5H3,(H,19,20). The summed E-state index contributed by atoms with van der Waals surface area (Å²) >= 11 is 0. The lowest BCUT2D eigenvalue weighted by atomic mass is 10.1. The number of urea groups is 1. The Labute approximate surface area is 126 Å². The van der Waals surface area contributed by atoms with Gasteiger partial charge in [-0.3, -0.25) is 4.79 Å². The van der Waals surface area contributed by atoms with Crippen LogP contribution in [0, 0.1) is 6.92 Å². The number of hydrogen-bond acceptors (Lipinski definition) is 2. The van der Waals surface area contributed by atoms with Crippen molar-refractivity contribution in [2.75, 3.05) is 13.6 Å². The van der Waals surface area contributed by atoms with E-state index in [2.05, 4.69) is 0 Å². The molecular weight excluding hydrogens is 268 g/mol. The monoisotopic (exact) mass is 292 g/mol. The molecule has 1 aromatic rings. The van der Waals surface area contributed by atoms with Crippen LogP contribution in [0.2, 0.25) is 0 Å². The highest BCUT2D eigenvalue weighted by Gasteiger charge is 2.30. The SMILES string of the molecule is Cc1ccc(CN(C)C(=O)N(CC(=O)O)C(C)(C)C)cc1. The number of benzene rings is 1. The smallest absolute Gasteiger partial charge is 0.323 e. The number of aryl methyl sites for hydroxylation is 1. The van der Waals surface area contributed by atoms with Crippen molar-refractivity contribution >= 4 is 12.0 Å². The van der Waals surface area contributed by atoms with Gasteiger partial charge in [0.2, 0.25) is 0 Å². The van der Waals surface area contributed by atoms with Gasteiger partial charge in [0.25, 0.3) is 0 Å². The maximum atomic E-state index is 12.5. The Morgan fingerprint density at radius 2 is 1.67 bits per heavy atom. The molecule has 116 valence electrons. The minimum Gasteiger partial charge on any atom is -0.480 e. The molecule has 0 fully saturated rings. The van der Waals surface area contributed by atoms with Gasteiger partial charge < -0.3 is 14.9 Å². The van der Waals surface area contributed by atoms with E-state index in [0.717, 1.165) is 11.1 Å². The van der Waals surface area contributed by atoms with Gasteiger partial charge in [0.1, 0.15) is 6.54 Å². The van der Waals surface area contributed by atoms with Crippen LogP contribution in [0.25, 0.3) is 0 Å². The average molecular weight is 292 g/mol. The molecule has 0 saturated carbocycles. The lowest BCUT2D eigenvalue weighted by Crippen LogP contribution is -2.52. The second-order valence-corrected chi connectivity index (χ2v) is 6.27. The van der Waals surface area contributed by atoms with Crippen LogP contribution in [-0.2, 0) is 11.3 Å². The number of hydrogen-bond donors (Lipinski definition) is 1. The highest BCUT2D eigenvalue weighted by molar-refractivity contribution is 5.80. The number of amides is 2. The molecule has 0 aliphatic rings. The van der Waals surface area contributed by atoms with E-state index in [9.17, 15) is 9.59 Å². The normalized spacial score (nSPS) is 11.1. The van der Waals surface area contributed by atoms with Gasteiger partial charge in [-0.05, 0) is 33.3 Å². The van der Waals surface area contributed by atoms with Crippen molar-refractivity contribution < 1.29 is 14.7 Å². The number of carbonyl (C=O) groups excluding carboxylic acids is 1. The van der Waals surface area contributed by atoms with Crippen molar-refractivity contribution in [3.05, 3.63) is 35.4 Å². The molecule has 21 heavy (non-hydrogen) atoms. The van der Waals surface area contributed by atoms with E-state index < -0.39 is 11.5 Å². The van der Waals surface area contributed by atoms with Crippen molar-refractivity contribution in [3.8, 4) is 0 Å². The number of rotatable bonds is 4. The first-order valence-corrected chi connectivity index (χ1v) is 6.91. The van der Waals surface area contributed by atoms with Gasteiger partial charge in [0.05, 0.1) is 0 Å². The first-order chi connectivity index (χ1) is 9.61. The molecule has 0 radical (unpaired) electrons. The van der Waals surface area contributed by atoms with Crippen LogP contribution in [0.3, 0.4) is 0 Å². The Bertz CT molecular complexity index is 503. The number of carboxylic acid groups (broad SMARTS) is 1. The molecule has 1 rings (SSSR count). The van der Waals surface area contributed by atoms with Crippen LogP contribution in [-0.4, -0.2) is 46.0 Å². The summed E-state index contributed by atoms with van der Waals surface area (Å²) in [6.45, 7) is 7.63. The molecular formula is C16H24N2O3. The molecule has 0 atom stereocenters. The van der Waals surface area contributed by atoms with E-state index >= 15 is 0 Å². The van der Waals surface area contributed by atoms with Crippen molar-refractivity contribution in [1.82, 2.24) is 9.80 Å². The lowest BCUT2D eigenvalue weighted by Gasteiger charge is -2.37. The third-order valence-electron chi connectivity index (χ3n) is 3.20. The number of aliphatic carboxylic acids is 1. The molecule has 0 unspecified atom stereocenters. The summed E-state index contributed by atoms with van der Waals surface area (Å²) in [5.74, 6) is -1.01. The van der Waals surface area contributed by atoms with Gasteiger partial charge in [-0.2, -0.15) is 0 Å². The van der Waals surface area contributed by atoms with Crippen molar-refractivity contribution in [3.63, 3.8) is 0 Å². The fourth-order valence-electron chi connectivity index (χ4n) is 1.97. The number of carboxylic acids is 1. The Balaban J connectivity index is 2.82. The predicted octanol–water partition coefficient (Wildman–Crippen LogP) is 2.73. The van der Waals surface area contributed by atoms with E-state index in [1.807, 2.05) is 52.0 Å². The zero-order valence-electron chi connectivity index (χ0n) is 13.4. The Morgan fingerprint density at radius 3 is 2.10 bits per heavy atom. The summed E-state index contributed by atoms with van der Waals surface area (Å²) in [5, 5.41) is 8.99. The second-order valence-electron chi connectivity index (χ2n) is 6.27. The minimum absolute atomic E-state index is 0.287. The second kappa shape index (κ2) is 6.61. The molecule has 0 aliphatic heterocycles. The Kier molecular flexibility index (Phi) is 5.35. The van der Waals surface area contributed by atoms with Crippen molar-refractivity contribution in [2.45, 2.75) is 39.8 Å². The number of nitrogens with zero attached hydrogens (tertiary/aromatic N) is 2. The summed E-state index contributed by atoms with van der Waals surface area (Å²) in [6.07, 6.45) is 0. The van der Waals surface area contributed by atoms with Crippen LogP contribution >= 0.6 is 0 Å². The highest BCUT2D eigenvalue weighted by atomic mass is 16.4. The van der Waals surface area contributed by atoms with Crippen LogP contribution in [0.4, 0.5) is 4.79 Å². The van der Waals surface area contributed by atoms with E-state index in [-0.39, 0.29) is 12.6 Å². The van der Waals surface area contributed by atoms with E-state index in [1.165, 1.54) is 4.90 Å². The van der Waals surface area contributed by atoms with Gasteiger partial charge >= 0.3 is 12.0 Å². The van der Waals surface area contributed by atoms with Gasteiger partial charge in [0.15, 0.2) is 0 Å². The third kappa shape index (κ3) is 5.10. The van der Waals surface area contributed by atoms with E-state index in [0.29, 0.717) is 6.54 Å². The summed E-state index contributed by atoms with van der Waals surface area (Å²) in [7, 11) is 1.68.